The number of carbonyl (C=O) groups is 2. The fraction of sp³-hybridized carbons (Fsp3) is 0.556. The Hall–Kier alpha value is -1.84. The van der Waals surface area contributed by atoms with Gasteiger partial charge in [-0.2, -0.15) is 0 Å². The van der Waals surface area contributed by atoms with E-state index >= 15 is 0 Å². The molecule has 4 nitrogen and oxygen atoms in total. The number of hydrogen-bond donors (Lipinski definition) is 1. The van der Waals surface area contributed by atoms with Crippen molar-refractivity contribution in [2.45, 2.75) is 53.0 Å². The molecule has 1 aliphatic heterocycles. The summed E-state index contributed by atoms with van der Waals surface area (Å²) in [5.41, 5.74) is 3.34. The number of hydrogen-bond acceptors (Lipinski definition) is 2. The molecule has 0 atom stereocenters. The summed E-state index contributed by atoms with van der Waals surface area (Å²) in [6, 6.07) is 6.13. The summed E-state index contributed by atoms with van der Waals surface area (Å²) >= 11 is 0. The fourth-order valence-corrected chi connectivity index (χ4v) is 3.01. The number of amides is 2. The summed E-state index contributed by atoms with van der Waals surface area (Å²) in [5, 5.41) is 3.02. The predicted octanol–water partition coefficient (Wildman–Crippen LogP) is 3.04. The second-order valence-electron chi connectivity index (χ2n) is 5.84. The zero-order chi connectivity index (χ0) is 16.1. The van der Waals surface area contributed by atoms with Gasteiger partial charge in [-0.1, -0.05) is 32.9 Å². The van der Waals surface area contributed by atoms with Crippen molar-refractivity contribution in [1.29, 1.82) is 0 Å². The normalized spacial score (nSPS) is 13.4. The van der Waals surface area contributed by atoms with Gasteiger partial charge in [0.2, 0.25) is 11.8 Å². The fourth-order valence-electron chi connectivity index (χ4n) is 3.01. The molecule has 1 aromatic rings. The van der Waals surface area contributed by atoms with Gasteiger partial charge in [0, 0.05) is 31.1 Å². The van der Waals surface area contributed by atoms with Gasteiger partial charge in [0.15, 0.2) is 0 Å². The monoisotopic (exact) mass is 302 g/mol. The first-order valence-corrected chi connectivity index (χ1v) is 8.30. The van der Waals surface area contributed by atoms with Crippen molar-refractivity contribution in [2.24, 2.45) is 5.92 Å². The molecule has 22 heavy (non-hydrogen) atoms. The van der Waals surface area contributed by atoms with Crippen LogP contribution in [0.5, 0.6) is 0 Å². The molecule has 0 radical (unpaired) electrons. The topological polar surface area (TPSA) is 49.4 Å². The number of rotatable bonds is 6. The number of fused-ring (bicyclic) bond motifs is 1. The van der Waals surface area contributed by atoms with Crippen LogP contribution >= 0.6 is 0 Å². The minimum absolute atomic E-state index is 0.104. The maximum absolute atomic E-state index is 12.0. The van der Waals surface area contributed by atoms with Crippen LogP contribution in [0.15, 0.2) is 18.2 Å². The van der Waals surface area contributed by atoms with Crippen LogP contribution in [0.4, 0.5) is 5.69 Å². The van der Waals surface area contributed by atoms with Crippen molar-refractivity contribution in [3.8, 4) is 0 Å². The zero-order valence-electron chi connectivity index (χ0n) is 13.8. The third kappa shape index (κ3) is 3.49. The number of nitrogens with one attached hydrogen (secondary N) is 1. The van der Waals surface area contributed by atoms with E-state index in [0.29, 0.717) is 13.0 Å². The van der Waals surface area contributed by atoms with Gasteiger partial charge in [-0.05, 0) is 36.5 Å². The van der Waals surface area contributed by atoms with Gasteiger partial charge in [-0.3, -0.25) is 9.59 Å². The summed E-state index contributed by atoms with van der Waals surface area (Å²) < 4.78 is 0. The van der Waals surface area contributed by atoms with Crippen LogP contribution < -0.4 is 10.2 Å². The molecule has 0 aliphatic carbocycles. The largest absolute Gasteiger partial charge is 0.352 e. The molecule has 1 N–H and O–H groups in total. The summed E-state index contributed by atoms with van der Waals surface area (Å²) in [6.45, 7) is 7.31. The highest BCUT2D eigenvalue weighted by Gasteiger charge is 2.23. The molecule has 0 bridgehead atoms. The van der Waals surface area contributed by atoms with E-state index in [2.05, 4.69) is 11.4 Å². The van der Waals surface area contributed by atoms with E-state index in [1.54, 1.807) is 0 Å². The summed E-state index contributed by atoms with van der Waals surface area (Å²) in [6.07, 6.45) is 3.18. The first-order valence-electron chi connectivity index (χ1n) is 8.30. The highest BCUT2D eigenvalue weighted by molar-refractivity contribution is 5.95. The second-order valence-corrected chi connectivity index (χ2v) is 5.84. The third-order valence-corrected chi connectivity index (χ3v) is 4.47. The van der Waals surface area contributed by atoms with E-state index < -0.39 is 0 Å². The summed E-state index contributed by atoms with van der Waals surface area (Å²) in [7, 11) is 0. The van der Waals surface area contributed by atoms with Gasteiger partial charge < -0.3 is 10.2 Å². The van der Waals surface area contributed by atoms with Crippen molar-refractivity contribution in [3.63, 3.8) is 0 Å². The first kappa shape index (κ1) is 16.5. The first-order chi connectivity index (χ1) is 10.6. The average molecular weight is 302 g/mol. The van der Waals surface area contributed by atoms with Gasteiger partial charge in [0.25, 0.3) is 0 Å². The Labute approximate surface area is 132 Å². The Kier molecular flexibility index (Phi) is 5.58. The highest BCUT2D eigenvalue weighted by atomic mass is 16.2. The molecule has 1 heterocycles. The molecule has 2 rings (SSSR count). The lowest BCUT2D eigenvalue weighted by Crippen LogP contribution is -2.29. The van der Waals surface area contributed by atoms with E-state index in [1.165, 1.54) is 5.56 Å². The molecule has 120 valence electrons. The maximum atomic E-state index is 12.0. The maximum Gasteiger partial charge on any atom is 0.226 e. The number of benzene rings is 1. The lowest BCUT2D eigenvalue weighted by molar-refractivity contribution is -0.125. The van der Waals surface area contributed by atoms with Gasteiger partial charge in [0.1, 0.15) is 0 Å². The Morgan fingerprint density at radius 2 is 1.95 bits per heavy atom. The summed E-state index contributed by atoms with van der Waals surface area (Å²) in [4.78, 5) is 25.8. The van der Waals surface area contributed by atoms with Crippen LogP contribution in [0.3, 0.4) is 0 Å². The van der Waals surface area contributed by atoms with E-state index in [-0.39, 0.29) is 17.7 Å². The molecule has 0 saturated carbocycles. The minimum Gasteiger partial charge on any atom is -0.352 e. The van der Waals surface area contributed by atoms with Gasteiger partial charge in [0.05, 0.1) is 0 Å². The molecule has 0 spiro atoms. The SMILES string of the molecule is CCC(=O)N1CCc2cc(CNC(=O)C(CC)CC)ccc21. The molecule has 0 unspecified atom stereocenters. The van der Waals surface area contributed by atoms with Crippen LogP contribution in [0.25, 0.3) is 0 Å². The van der Waals surface area contributed by atoms with Crippen LogP contribution in [0.1, 0.15) is 51.2 Å². The molecule has 1 aliphatic rings. The summed E-state index contributed by atoms with van der Waals surface area (Å²) in [5.74, 6) is 0.411. The second kappa shape index (κ2) is 7.43. The van der Waals surface area contributed by atoms with Crippen LogP contribution in [0.2, 0.25) is 0 Å². The lowest BCUT2D eigenvalue weighted by atomic mass is 10.0. The van der Waals surface area contributed by atoms with E-state index in [0.717, 1.165) is 37.1 Å². The highest BCUT2D eigenvalue weighted by Crippen LogP contribution is 2.29. The number of anilines is 1. The Bertz CT molecular complexity index is 550. The standard InChI is InChI=1S/C18H26N2O2/c1-4-14(5-2)18(22)19-12-13-7-8-16-15(11-13)9-10-20(16)17(21)6-3/h7-8,11,14H,4-6,9-10,12H2,1-3H3,(H,19,22). The molecular weight excluding hydrogens is 276 g/mol. The predicted molar refractivity (Wildman–Crippen MR) is 88.7 cm³/mol. The third-order valence-electron chi connectivity index (χ3n) is 4.47. The van der Waals surface area contributed by atoms with Crippen molar-refractivity contribution < 1.29 is 9.59 Å². The van der Waals surface area contributed by atoms with Crippen LogP contribution in [-0.2, 0) is 22.6 Å². The molecule has 0 saturated heterocycles. The van der Waals surface area contributed by atoms with Crippen LogP contribution in [-0.4, -0.2) is 18.4 Å². The van der Waals surface area contributed by atoms with E-state index in [1.807, 2.05) is 37.8 Å². The average Bonchev–Trinajstić information content (AvgIpc) is 2.96. The van der Waals surface area contributed by atoms with Crippen molar-refractivity contribution in [3.05, 3.63) is 29.3 Å². The Morgan fingerprint density at radius 1 is 1.23 bits per heavy atom. The van der Waals surface area contributed by atoms with Gasteiger partial charge in [-0.25, -0.2) is 0 Å². The van der Waals surface area contributed by atoms with Crippen molar-refractivity contribution >= 4 is 17.5 Å². The van der Waals surface area contributed by atoms with Gasteiger partial charge in [-0.15, -0.1) is 0 Å². The Balaban J connectivity index is 2.01. The molecular formula is C18H26N2O2. The van der Waals surface area contributed by atoms with Crippen molar-refractivity contribution in [1.82, 2.24) is 5.32 Å². The van der Waals surface area contributed by atoms with Gasteiger partial charge >= 0.3 is 0 Å². The molecule has 4 heteroatoms. The quantitative estimate of drug-likeness (QED) is 0.878. The van der Waals surface area contributed by atoms with Crippen molar-refractivity contribution in [2.75, 3.05) is 11.4 Å². The zero-order valence-corrected chi connectivity index (χ0v) is 13.8. The Morgan fingerprint density at radius 3 is 2.59 bits per heavy atom. The number of nitrogens with zero attached hydrogens (tertiary/aromatic N) is 1. The molecule has 0 aromatic heterocycles. The van der Waals surface area contributed by atoms with Crippen LogP contribution in [0, 0.1) is 5.92 Å². The molecule has 0 fully saturated rings. The molecule has 1 aromatic carbocycles. The number of carbonyl (C=O) groups excluding carboxylic acids is 2. The minimum atomic E-state index is 0.104. The lowest BCUT2D eigenvalue weighted by Gasteiger charge is -2.17. The molecule has 2 amide bonds. The smallest absolute Gasteiger partial charge is 0.226 e. The van der Waals surface area contributed by atoms with E-state index in [9.17, 15) is 9.59 Å². The van der Waals surface area contributed by atoms with E-state index in [4.69, 9.17) is 0 Å².